The number of nitrogens with one attached hydrogen (secondary N) is 1. The molecule has 3 heterocycles. The zero-order valence-corrected chi connectivity index (χ0v) is 17.0. The molecule has 4 rings (SSSR count). The van der Waals surface area contributed by atoms with Gasteiger partial charge in [0.2, 0.25) is 5.91 Å². The van der Waals surface area contributed by atoms with Crippen LogP contribution in [0.4, 0.5) is 17.3 Å². The summed E-state index contributed by atoms with van der Waals surface area (Å²) in [5, 5.41) is 12.3. The van der Waals surface area contributed by atoms with E-state index in [0.717, 1.165) is 17.1 Å². The Morgan fingerprint density at radius 1 is 1.00 bits per heavy atom. The molecule has 3 aromatic rings. The van der Waals surface area contributed by atoms with E-state index in [1.54, 1.807) is 24.5 Å². The van der Waals surface area contributed by atoms with Crippen molar-refractivity contribution in [1.82, 2.24) is 20.1 Å². The van der Waals surface area contributed by atoms with Gasteiger partial charge in [-0.05, 0) is 42.0 Å². The number of nitrogens with zero attached hydrogens (tertiary/aromatic N) is 5. The Bertz CT molecular complexity index is 1020. The van der Waals surface area contributed by atoms with Crippen molar-refractivity contribution < 1.29 is 4.79 Å². The largest absolute Gasteiger partial charge is 0.352 e. The second-order valence-corrected chi connectivity index (χ2v) is 7.22. The maximum absolute atomic E-state index is 12.5. The molecule has 0 radical (unpaired) electrons. The lowest BCUT2D eigenvalue weighted by Gasteiger charge is -2.34. The quantitative estimate of drug-likeness (QED) is 0.635. The fraction of sp³-hybridized carbons (Fsp3) is 0.182. The molecule has 0 aliphatic carbocycles. The predicted molar refractivity (Wildman–Crippen MR) is 119 cm³/mol. The zero-order chi connectivity index (χ0) is 20.8. The number of anilines is 3. The van der Waals surface area contributed by atoms with Gasteiger partial charge in [-0.25, -0.2) is 0 Å². The second kappa shape index (κ2) is 9.37. The Morgan fingerprint density at radius 2 is 1.83 bits per heavy atom. The van der Waals surface area contributed by atoms with Gasteiger partial charge < -0.3 is 15.1 Å². The van der Waals surface area contributed by atoms with E-state index in [4.69, 9.17) is 11.6 Å². The van der Waals surface area contributed by atoms with Gasteiger partial charge in [0.25, 0.3) is 0 Å². The molecule has 2 aromatic heterocycles. The first-order valence-corrected chi connectivity index (χ1v) is 10.0. The summed E-state index contributed by atoms with van der Waals surface area (Å²) >= 11 is 6.13. The SMILES string of the molecule is O=C(/C=C/c1ccccc1Cl)N1CCN(c2ccc(Nc3cccnc3)nn2)CC1. The van der Waals surface area contributed by atoms with Crippen molar-refractivity contribution in [3.05, 3.63) is 77.6 Å². The highest BCUT2D eigenvalue weighted by molar-refractivity contribution is 6.32. The molecule has 152 valence electrons. The lowest BCUT2D eigenvalue weighted by Crippen LogP contribution is -2.48. The van der Waals surface area contributed by atoms with Crippen LogP contribution in [0.3, 0.4) is 0 Å². The first-order chi connectivity index (χ1) is 14.7. The van der Waals surface area contributed by atoms with E-state index in [1.807, 2.05) is 53.4 Å². The molecule has 1 aliphatic rings. The van der Waals surface area contributed by atoms with Gasteiger partial charge in [0.05, 0.1) is 11.9 Å². The Balaban J connectivity index is 1.31. The molecule has 0 bridgehead atoms. The van der Waals surface area contributed by atoms with Gasteiger partial charge in [-0.3, -0.25) is 9.78 Å². The lowest BCUT2D eigenvalue weighted by atomic mass is 10.2. The number of hydrogen-bond acceptors (Lipinski definition) is 6. The molecular formula is C22H21ClN6O. The summed E-state index contributed by atoms with van der Waals surface area (Å²) < 4.78 is 0. The molecular weight excluding hydrogens is 400 g/mol. The summed E-state index contributed by atoms with van der Waals surface area (Å²) in [6.07, 6.45) is 6.79. The minimum absolute atomic E-state index is 0.0170. The third-order valence-corrected chi connectivity index (χ3v) is 5.15. The van der Waals surface area contributed by atoms with Crippen molar-refractivity contribution in [3.8, 4) is 0 Å². The number of hydrogen-bond donors (Lipinski definition) is 1. The molecule has 1 fully saturated rings. The van der Waals surface area contributed by atoms with E-state index in [-0.39, 0.29) is 5.91 Å². The van der Waals surface area contributed by atoms with Crippen LogP contribution in [0.25, 0.3) is 6.08 Å². The topological polar surface area (TPSA) is 74.2 Å². The maximum atomic E-state index is 12.5. The average molecular weight is 421 g/mol. The molecule has 1 N–H and O–H groups in total. The smallest absolute Gasteiger partial charge is 0.246 e. The van der Waals surface area contributed by atoms with Crippen LogP contribution >= 0.6 is 11.6 Å². The van der Waals surface area contributed by atoms with Gasteiger partial charge in [0.15, 0.2) is 11.6 Å². The molecule has 7 nitrogen and oxygen atoms in total. The van der Waals surface area contributed by atoms with Crippen LogP contribution in [0.1, 0.15) is 5.56 Å². The van der Waals surface area contributed by atoms with Gasteiger partial charge in [-0.15, -0.1) is 10.2 Å². The lowest BCUT2D eigenvalue weighted by molar-refractivity contribution is -0.126. The van der Waals surface area contributed by atoms with Crippen LogP contribution in [0, 0.1) is 0 Å². The standard InChI is InChI=1S/C22H21ClN6O/c23-19-6-2-1-4-17(19)7-10-22(30)29-14-12-28(13-15-29)21-9-8-20(26-27-21)25-18-5-3-11-24-16-18/h1-11,16H,12-15H2,(H,25,26)/b10-7+. The molecule has 1 aromatic carbocycles. The van der Waals surface area contributed by atoms with Gasteiger partial charge in [0, 0.05) is 43.5 Å². The molecule has 0 saturated carbocycles. The summed E-state index contributed by atoms with van der Waals surface area (Å²) in [4.78, 5) is 20.5. The molecule has 0 spiro atoms. The van der Waals surface area contributed by atoms with E-state index < -0.39 is 0 Å². The van der Waals surface area contributed by atoms with E-state index in [0.29, 0.717) is 37.0 Å². The molecule has 1 saturated heterocycles. The number of piperazine rings is 1. The molecule has 8 heteroatoms. The van der Waals surface area contributed by atoms with Crippen LogP contribution in [0.5, 0.6) is 0 Å². The van der Waals surface area contributed by atoms with E-state index in [1.165, 1.54) is 0 Å². The summed E-state index contributed by atoms with van der Waals surface area (Å²) in [7, 11) is 0. The van der Waals surface area contributed by atoms with E-state index in [9.17, 15) is 4.79 Å². The van der Waals surface area contributed by atoms with Crippen LogP contribution in [-0.2, 0) is 4.79 Å². The van der Waals surface area contributed by atoms with Gasteiger partial charge in [0.1, 0.15) is 0 Å². The van der Waals surface area contributed by atoms with Crippen molar-refractivity contribution in [2.75, 3.05) is 36.4 Å². The van der Waals surface area contributed by atoms with Gasteiger partial charge in [-0.2, -0.15) is 0 Å². The first kappa shape index (κ1) is 19.8. The molecule has 0 unspecified atom stereocenters. The first-order valence-electron chi connectivity index (χ1n) is 9.66. The molecule has 0 atom stereocenters. The van der Waals surface area contributed by atoms with Crippen molar-refractivity contribution in [1.29, 1.82) is 0 Å². The van der Waals surface area contributed by atoms with Crippen molar-refractivity contribution in [2.24, 2.45) is 0 Å². The number of halogens is 1. The van der Waals surface area contributed by atoms with Gasteiger partial charge in [-0.1, -0.05) is 29.8 Å². The van der Waals surface area contributed by atoms with Crippen LogP contribution in [-0.4, -0.2) is 52.2 Å². The Morgan fingerprint density at radius 3 is 2.53 bits per heavy atom. The fourth-order valence-electron chi connectivity index (χ4n) is 3.18. The Hall–Kier alpha value is -3.45. The Kier molecular flexibility index (Phi) is 6.20. The molecule has 1 amide bonds. The number of aromatic nitrogens is 3. The number of carbonyl (C=O) groups excluding carboxylic acids is 1. The molecule has 30 heavy (non-hydrogen) atoms. The summed E-state index contributed by atoms with van der Waals surface area (Å²) in [5.41, 5.74) is 1.69. The highest BCUT2D eigenvalue weighted by Gasteiger charge is 2.20. The monoisotopic (exact) mass is 420 g/mol. The normalized spacial score (nSPS) is 14.2. The maximum Gasteiger partial charge on any atom is 0.246 e. The highest BCUT2D eigenvalue weighted by atomic mass is 35.5. The number of carbonyl (C=O) groups is 1. The second-order valence-electron chi connectivity index (χ2n) is 6.81. The van der Waals surface area contributed by atoms with Crippen LogP contribution in [0.15, 0.2) is 67.0 Å². The average Bonchev–Trinajstić information content (AvgIpc) is 2.80. The van der Waals surface area contributed by atoms with Crippen LogP contribution < -0.4 is 10.2 Å². The Labute approximate surface area is 180 Å². The summed E-state index contributed by atoms with van der Waals surface area (Å²) in [5.74, 6) is 1.44. The third kappa shape index (κ3) is 4.93. The summed E-state index contributed by atoms with van der Waals surface area (Å²) in [6.45, 7) is 2.66. The zero-order valence-electron chi connectivity index (χ0n) is 16.3. The highest BCUT2D eigenvalue weighted by Crippen LogP contribution is 2.18. The number of rotatable bonds is 5. The van der Waals surface area contributed by atoms with Crippen molar-refractivity contribution in [2.45, 2.75) is 0 Å². The van der Waals surface area contributed by atoms with Crippen molar-refractivity contribution in [3.63, 3.8) is 0 Å². The fourth-order valence-corrected chi connectivity index (χ4v) is 3.38. The van der Waals surface area contributed by atoms with E-state index >= 15 is 0 Å². The van der Waals surface area contributed by atoms with E-state index in [2.05, 4.69) is 25.4 Å². The number of pyridine rings is 1. The summed E-state index contributed by atoms with van der Waals surface area (Å²) in [6, 6.07) is 15.0. The molecule has 1 aliphatic heterocycles. The van der Waals surface area contributed by atoms with Gasteiger partial charge >= 0.3 is 0 Å². The minimum Gasteiger partial charge on any atom is -0.352 e. The predicted octanol–water partition coefficient (Wildman–Crippen LogP) is 3.63. The third-order valence-electron chi connectivity index (χ3n) is 4.81. The minimum atomic E-state index is -0.0170. The number of amides is 1. The van der Waals surface area contributed by atoms with Crippen molar-refractivity contribution >= 4 is 40.9 Å². The van der Waals surface area contributed by atoms with Crippen LogP contribution in [0.2, 0.25) is 5.02 Å². The number of benzene rings is 1.